The molecule has 1 aliphatic rings. The second-order valence-corrected chi connectivity index (χ2v) is 9.16. The van der Waals surface area contributed by atoms with Crippen molar-refractivity contribution < 1.29 is 9.18 Å². The second kappa shape index (κ2) is 8.39. The number of carbonyl (C=O) groups is 1. The maximum absolute atomic E-state index is 13.2. The van der Waals surface area contributed by atoms with Crippen LogP contribution in [-0.4, -0.2) is 46.4 Å². The first-order chi connectivity index (χ1) is 15.5. The van der Waals surface area contributed by atoms with Gasteiger partial charge in [0.15, 0.2) is 4.96 Å². The zero-order valence-electron chi connectivity index (χ0n) is 18.2. The van der Waals surface area contributed by atoms with Crippen LogP contribution in [0.2, 0.25) is 0 Å². The van der Waals surface area contributed by atoms with Crippen molar-refractivity contribution in [2.24, 2.45) is 0 Å². The molecule has 2 aromatic heterocycles. The summed E-state index contributed by atoms with van der Waals surface area (Å²) >= 11 is 1.57. The van der Waals surface area contributed by atoms with E-state index in [-0.39, 0.29) is 11.7 Å². The molecule has 1 aliphatic heterocycles. The van der Waals surface area contributed by atoms with Gasteiger partial charge >= 0.3 is 0 Å². The molecule has 0 bridgehead atoms. The average Bonchev–Trinajstić information content (AvgIpc) is 3.38. The molecule has 1 fully saturated rings. The van der Waals surface area contributed by atoms with Gasteiger partial charge in [0.2, 0.25) is 5.91 Å². The first-order valence-electron chi connectivity index (χ1n) is 10.8. The number of hydrogen-bond acceptors (Lipinski definition) is 4. The molecule has 0 N–H and O–H groups in total. The Bertz CT molecular complexity index is 1270. The third-order valence-electron chi connectivity index (χ3n) is 6.24. The van der Waals surface area contributed by atoms with Crippen LogP contribution in [0.1, 0.15) is 16.8 Å². The Labute approximate surface area is 190 Å². The van der Waals surface area contributed by atoms with Gasteiger partial charge in [-0.05, 0) is 55.3 Å². The van der Waals surface area contributed by atoms with Crippen molar-refractivity contribution in [1.29, 1.82) is 0 Å². The van der Waals surface area contributed by atoms with Crippen molar-refractivity contribution in [3.05, 3.63) is 76.7 Å². The molecule has 0 radical (unpaired) electrons. The number of anilines is 1. The molecule has 0 spiro atoms. The topological polar surface area (TPSA) is 40.9 Å². The second-order valence-electron chi connectivity index (χ2n) is 8.33. The third-order valence-corrected chi connectivity index (χ3v) is 7.13. The van der Waals surface area contributed by atoms with E-state index in [0.29, 0.717) is 19.5 Å². The van der Waals surface area contributed by atoms with Crippen LogP contribution in [0.25, 0.3) is 16.2 Å². The van der Waals surface area contributed by atoms with E-state index >= 15 is 0 Å². The summed E-state index contributed by atoms with van der Waals surface area (Å²) in [5, 5.41) is 2.03. The van der Waals surface area contributed by atoms with E-state index in [0.717, 1.165) is 40.7 Å². The molecular weight excluding hydrogens is 423 g/mol. The molecular formula is C25H25FN4OS. The summed E-state index contributed by atoms with van der Waals surface area (Å²) in [6, 6.07) is 12.9. The van der Waals surface area contributed by atoms with Gasteiger partial charge < -0.3 is 9.80 Å². The predicted octanol–water partition coefficient (Wildman–Crippen LogP) is 4.71. The lowest BCUT2D eigenvalue weighted by atomic mass is 10.0. The van der Waals surface area contributed by atoms with Gasteiger partial charge in [-0.25, -0.2) is 9.37 Å². The number of fused-ring (bicyclic) bond motifs is 1. The Kier molecular flexibility index (Phi) is 5.43. The fourth-order valence-electron chi connectivity index (χ4n) is 4.13. The van der Waals surface area contributed by atoms with Crippen LogP contribution in [-0.2, 0) is 11.2 Å². The van der Waals surface area contributed by atoms with Gasteiger partial charge in [0.05, 0.1) is 12.1 Å². The fourth-order valence-corrected chi connectivity index (χ4v) is 5.00. The fraction of sp³-hybridized carbons (Fsp3) is 0.280. The molecule has 0 unspecified atom stereocenters. The van der Waals surface area contributed by atoms with Crippen LogP contribution in [0.4, 0.5) is 10.1 Å². The standard InChI is InChI=1S/C25H25FN4OS/c1-17-3-4-19(13-18(17)2)23-15-30-22(16-32-25(30)27-23)14-24(31)29-11-9-28(10-12-29)21-7-5-20(26)6-8-21/h3-8,13,15-16H,9-12,14H2,1-2H3. The minimum atomic E-state index is -0.232. The number of piperazine rings is 1. The maximum Gasteiger partial charge on any atom is 0.228 e. The van der Waals surface area contributed by atoms with Gasteiger partial charge in [0, 0.05) is 54.7 Å². The molecule has 164 valence electrons. The molecule has 5 rings (SSSR count). The molecule has 2 aromatic carbocycles. The van der Waals surface area contributed by atoms with Gasteiger partial charge in [-0.15, -0.1) is 11.3 Å². The summed E-state index contributed by atoms with van der Waals surface area (Å²) in [5.74, 6) is -0.102. The highest BCUT2D eigenvalue weighted by Gasteiger charge is 2.23. The van der Waals surface area contributed by atoms with Gasteiger partial charge in [0.1, 0.15) is 5.82 Å². The number of hydrogen-bond donors (Lipinski definition) is 0. The van der Waals surface area contributed by atoms with Crippen LogP contribution in [0, 0.1) is 19.7 Å². The van der Waals surface area contributed by atoms with Crippen molar-refractivity contribution in [2.75, 3.05) is 31.1 Å². The third kappa shape index (κ3) is 4.00. The van der Waals surface area contributed by atoms with E-state index in [9.17, 15) is 9.18 Å². The number of nitrogens with zero attached hydrogens (tertiary/aromatic N) is 4. The summed E-state index contributed by atoms with van der Waals surface area (Å²) in [6.07, 6.45) is 2.39. The molecule has 4 aromatic rings. The number of aryl methyl sites for hydroxylation is 2. The Hall–Kier alpha value is -3.19. The van der Waals surface area contributed by atoms with Crippen LogP contribution in [0.15, 0.2) is 54.0 Å². The largest absolute Gasteiger partial charge is 0.368 e. The molecule has 5 nitrogen and oxygen atoms in total. The highest BCUT2D eigenvalue weighted by molar-refractivity contribution is 7.15. The first kappa shape index (κ1) is 20.7. The lowest BCUT2D eigenvalue weighted by molar-refractivity contribution is -0.130. The molecule has 0 aliphatic carbocycles. The molecule has 0 atom stereocenters. The molecule has 32 heavy (non-hydrogen) atoms. The average molecular weight is 449 g/mol. The number of benzene rings is 2. The van der Waals surface area contributed by atoms with Crippen LogP contribution in [0.5, 0.6) is 0 Å². The van der Waals surface area contributed by atoms with E-state index in [1.54, 1.807) is 23.5 Å². The number of halogens is 1. The summed E-state index contributed by atoms with van der Waals surface area (Å²) < 4.78 is 15.2. The number of rotatable bonds is 4. The zero-order chi connectivity index (χ0) is 22.2. The van der Waals surface area contributed by atoms with Crippen LogP contribution >= 0.6 is 11.3 Å². The van der Waals surface area contributed by atoms with E-state index < -0.39 is 0 Å². The number of aromatic nitrogens is 2. The minimum absolute atomic E-state index is 0.130. The van der Waals surface area contributed by atoms with Crippen molar-refractivity contribution in [3.8, 4) is 11.3 Å². The van der Waals surface area contributed by atoms with Crippen LogP contribution in [0.3, 0.4) is 0 Å². The van der Waals surface area contributed by atoms with Gasteiger partial charge in [-0.1, -0.05) is 12.1 Å². The molecule has 1 amide bonds. The summed E-state index contributed by atoms with van der Waals surface area (Å²) in [6.45, 7) is 7.05. The summed E-state index contributed by atoms with van der Waals surface area (Å²) in [5.41, 5.74) is 6.50. The van der Waals surface area contributed by atoms with E-state index in [1.165, 1.54) is 23.3 Å². The van der Waals surface area contributed by atoms with E-state index in [2.05, 4.69) is 36.9 Å². The lowest BCUT2D eigenvalue weighted by Gasteiger charge is -2.36. The highest BCUT2D eigenvalue weighted by Crippen LogP contribution is 2.26. The number of amides is 1. The maximum atomic E-state index is 13.2. The number of imidazole rings is 1. The smallest absolute Gasteiger partial charge is 0.228 e. The van der Waals surface area contributed by atoms with Gasteiger partial charge in [0.25, 0.3) is 0 Å². The molecule has 1 saturated heterocycles. The van der Waals surface area contributed by atoms with E-state index in [1.807, 2.05) is 20.9 Å². The van der Waals surface area contributed by atoms with Gasteiger partial charge in [-0.3, -0.25) is 9.20 Å². The lowest BCUT2D eigenvalue weighted by Crippen LogP contribution is -2.49. The van der Waals surface area contributed by atoms with E-state index in [4.69, 9.17) is 4.98 Å². The Morgan fingerprint density at radius 1 is 1.03 bits per heavy atom. The van der Waals surface area contributed by atoms with Crippen molar-refractivity contribution in [3.63, 3.8) is 0 Å². The van der Waals surface area contributed by atoms with Crippen LogP contribution < -0.4 is 4.90 Å². The summed E-state index contributed by atoms with van der Waals surface area (Å²) in [4.78, 5) is 22.8. The summed E-state index contributed by atoms with van der Waals surface area (Å²) in [7, 11) is 0. The van der Waals surface area contributed by atoms with Crippen molar-refractivity contribution >= 4 is 27.9 Å². The Morgan fingerprint density at radius 2 is 1.78 bits per heavy atom. The Morgan fingerprint density at radius 3 is 2.50 bits per heavy atom. The molecule has 3 heterocycles. The number of carbonyl (C=O) groups excluding carboxylic acids is 1. The van der Waals surface area contributed by atoms with Crippen molar-refractivity contribution in [1.82, 2.24) is 14.3 Å². The SMILES string of the molecule is Cc1ccc(-c2cn3c(CC(=O)N4CCN(c5ccc(F)cc5)CC4)csc3n2)cc1C. The minimum Gasteiger partial charge on any atom is -0.368 e. The predicted molar refractivity (Wildman–Crippen MR) is 127 cm³/mol. The quantitative estimate of drug-likeness (QED) is 0.454. The van der Waals surface area contributed by atoms with Gasteiger partial charge in [-0.2, -0.15) is 0 Å². The zero-order valence-corrected chi connectivity index (χ0v) is 19.0. The molecule has 0 saturated carbocycles. The molecule has 7 heteroatoms. The highest BCUT2D eigenvalue weighted by atomic mass is 32.1. The first-order valence-corrected chi connectivity index (χ1v) is 11.7. The van der Waals surface area contributed by atoms with Crippen molar-refractivity contribution in [2.45, 2.75) is 20.3 Å². The monoisotopic (exact) mass is 448 g/mol. The number of thiazole rings is 1. The normalized spacial score (nSPS) is 14.3. The Balaban J connectivity index is 1.26.